The van der Waals surface area contributed by atoms with Gasteiger partial charge < -0.3 is 10.6 Å². The molecule has 34 heavy (non-hydrogen) atoms. The van der Waals surface area contributed by atoms with Crippen molar-refractivity contribution < 1.29 is 18.4 Å². The molecule has 4 aromatic rings. The molecule has 0 saturated heterocycles. The van der Waals surface area contributed by atoms with Crippen LogP contribution in [0.1, 0.15) is 6.92 Å². The van der Waals surface area contributed by atoms with E-state index in [-0.39, 0.29) is 29.0 Å². The van der Waals surface area contributed by atoms with Gasteiger partial charge in [-0.25, -0.2) is 8.78 Å². The fourth-order valence-corrected chi connectivity index (χ4v) is 3.96. The van der Waals surface area contributed by atoms with Crippen LogP contribution in [0.4, 0.5) is 20.2 Å². The molecule has 2 amide bonds. The molecule has 1 aromatic heterocycles. The van der Waals surface area contributed by atoms with E-state index in [1.165, 1.54) is 37.3 Å². The third kappa shape index (κ3) is 5.46. The first kappa shape index (κ1) is 23.1. The molecule has 0 aliphatic carbocycles. The molecule has 0 aliphatic rings. The average molecular weight is 480 g/mol. The average Bonchev–Trinajstić information content (AvgIpc) is 3.22. The van der Waals surface area contributed by atoms with Gasteiger partial charge in [0.15, 0.2) is 11.0 Å². The number of hydrogen-bond acceptors (Lipinski definition) is 5. The fourth-order valence-electron chi connectivity index (χ4n) is 3.21. The maximum atomic E-state index is 14.5. The van der Waals surface area contributed by atoms with Gasteiger partial charge >= 0.3 is 0 Å². The Labute approximate surface area is 198 Å². The van der Waals surface area contributed by atoms with Gasteiger partial charge in [0.1, 0.15) is 11.6 Å². The summed E-state index contributed by atoms with van der Waals surface area (Å²) in [5.74, 6) is -1.21. The SMILES string of the molecule is CC(=O)Nc1cccc(NC(=O)CSc2nnc(-c3ccccc3F)n2-c2ccc(F)cc2)c1. The molecule has 0 radical (unpaired) electrons. The molecule has 0 unspecified atom stereocenters. The van der Waals surface area contributed by atoms with Crippen molar-refractivity contribution in [3.05, 3.63) is 84.4 Å². The van der Waals surface area contributed by atoms with E-state index in [0.29, 0.717) is 22.2 Å². The Morgan fingerprint density at radius 1 is 0.912 bits per heavy atom. The first-order chi connectivity index (χ1) is 16.4. The summed E-state index contributed by atoms with van der Waals surface area (Å²) in [7, 11) is 0. The summed E-state index contributed by atoms with van der Waals surface area (Å²) in [6.07, 6.45) is 0. The number of carbonyl (C=O) groups is 2. The van der Waals surface area contributed by atoms with Crippen molar-refractivity contribution in [2.75, 3.05) is 16.4 Å². The Balaban J connectivity index is 1.56. The maximum Gasteiger partial charge on any atom is 0.234 e. The summed E-state index contributed by atoms with van der Waals surface area (Å²) >= 11 is 1.10. The van der Waals surface area contributed by atoms with E-state index < -0.39 is 11.6 Å². The van der Waals surface area contributed by atoms with Crippen LogP contribution in [0.2, 0.25) is 0 Å². The summed E-state index contributed by atoms with van der Waals surface area (Å²) < 4.78 is 29.5. The second-order valence-corrected chi connectivity index (χ2v) is 8.14. The lowest BCUT2D eigenvalue weighted by Gasteiger charge is -2.11. The van der Waals surface area contributed by atoms with Crippen LogP contribution in [0.5, 0.6) is 0 Å². The first-order valence-corrected chi connectivity index (χ1v) is 11.2. The molecule has 10 heteroatoms. The molecule has 1 heterocycles. The summed E-state index contributed by atoms with van der Waals surface area (Å²) in [5.41, 5.74) is 1.83. The van der Waals surface area contributed by atoms with Crippen molar-refractivity contribution in [2.45, 2.75) is 12.1 Å². The van der Waals surface area contributed by atoms with Gasteiger partial charge in [-0.1, -0.05) is 30.0 Å². The van der Waals surface area contributed by atoms with E-state index in [1.54, 1.807) is 47.0 Å². The Kier molecular flexibility index (Phi) is 6.98. The molecular weight excluding hydrogens is 460 g/mol. The van der Waals surface area contributed by atoms with Gasteiger partial charge in [-0.3, -0.25) is 14.2 Å². The fraction of sp³-hybridized carbons (Fsp3) is 0.0833. The highest BCUT2D eigenvalue weighted by molar-refractivity contribution is 7.99. The number of thioether (sulfide) groups is 1. The van der Waals surface area contributed by atoms with E-state index >= 15 is 0 Å². The summed E-state index contributed by atoms with van der Waals surface area (Å²) in [4.78, 5) is 23.8. The van der Waals surface area contributed by atoms with Gasteiger partial charge in [-0.2, -0.15) is 0 Å². The monoisotopic (exact) mass is 479 g/mol. The number of aromatic nitrogens is 3. The quantitative estimate of drug-likeness (QED) is 0.368. The highest BCUT2D eigenvalue weighted by atomic mass is 32.2. The minimum atomic E-state index is -0.480. The summed E-state index contributed by atoms with van der Waals surface area (Å²) in [5, 5.41) is 14.0. The molecule has 2 N–H and O–H groups in total. The van der Waals surface area contributed by atoms with Gasteiger partial charge in [0.05, 0.1) is 11.3 Å². The highest BCUT2D eigenvalue weighted by Gasteiger charge is 2.19. The van der Waals surface area contributed by atoms with Crippen LogP contribution < -0.4 is 10.6 Å². The molecule has 7 nitrogen and oxygen atoms in total. The standard InChI is InChI=1S/C24H19F2N5O2S/c1-15(32)27-17-5-4-6-18(13-17)28-22(33)14-34-24-30-29-23(20-7-2-3-8-21(20)26)31(24)19-11-9-16(25)10-12-19/h2-13H,14H2,1H3,(H,27,32)(H,28,33). The topological polar surface area (TPSA) is 88.9 Å². The predicted molar refractivity (Wildman–Crippen MR) is 127 cm³/mol. The molecule has 3 aromatic carbocycles. The Bertz CT molecular complexity index is 1340. The van der Waals surface area contributed by atoms with Crippen molar-refractivity contribution in [3.8, 4) is 17.1 Å². The smallest absolute Gasteiger partial charge is 0.234 e. The lowest BCUT2D eigenvalue weighted by molar-refractivity contribution is -0.114. The zero-order valence-electron chi connectivity index (χ0n) is 18.0. The van der Waals surface area contributed by atoms with E-state index in [9.17, 15) is 18.4 Å². The number of hydrogen-bond donors (Lipinski definition) is 2. The van der Waals surface area contributed by atoms with Gasteiger partial charge in [0.25, 0.3) is 0 Å². The molecule has 0 fully saturated rings. The molecule has 4 rings (SSSR count). The molecule has 0 atom stereocenters. The molecule has 0 spiro atoms. The van der Waals surface area contributed by atoms with E-state index in [1.807, 2.05) is 0 Å². The molecule has 0 aliphatic heterocycles. The number of anilines is 2. The predicted octanol–water partition coefficient (Wildman–Crippen LogP) is 4.90. The zero-order chi connectivity index (χ0) is 24.1. The Hall–Kier alpha value is -4.05. The van der Waals surface area contributed by atoms with Crippen LogP contribution in [0.25, 0.3) is 17.1 Å². The largest absolute Gasteiger partial charge is 0.326 e. The van der Waals surface area contributed by atoms with Crippen molar-refractivity contribution in [1.82, 2.24) is 14.8 Å². The third-order valence-electron chi connectivity index (χ3n) is 4.63. The molecule has 0 bridgehead atoms. The van der Waals surface area contributed by atoms with Crippen LogP contribution in [0.15, 0.2) is 78.0 Å². The van der Waals surface area contributed by atoms with Gasteiger partial charge in [0, 0.05) is 24.0 Å². The van der Waals surface area contributed by atoms with Crippen molar-refractivity contribution in [1.29, 1.82) is 0 Å². The van der Waals surface area contributed by atoms with Crippen LogP contribution in [-0.2, 0) is 9.59 Å². The van der Waals surface area contributed by atoms with Crippen LogP contribution in [-0.4, -0.2) is 32.3 Å². The number of amides is 2. The van der Waals surface area contributed by atoms with Crippen molar-refractivity contribution in [2.24, 2.45) is 0 Å². The van der Waals surface area contributed by atoms with Gasteiger partial charge in [-0.15, -0.1) is 10.2 Å². The number of nitrogens with zero attached hydrogens (tertiary/aromatic N) is 3. The Morgan fingerprint density at radius 2 is 1.62 bits per heavy atom. The number of benzene rings is 3. The van der Waals surface area contributed by atoms with E-state index in [2.05, 4.69) is 20.8 Å². The highest BCUT2D eigenvalue weighted by Crippen LogP contribution is 2.29. The molecule has 0 saturated carbocycles. The minimum absolute atomic E-state index is 0.0129. The second-order valence-electron chi connectivity index (χ2n) is 7.20. The van der Waals surface area contributed by atoms with Crippen LogP contribution >= 0.6 is 11.8 Å². The van der Waals surface area contributed by atoms with Gasteiger partial charge in [0.2, 0.25) is 11.8 Å². The zero-order valence-corrected chi connectivity index (χ0v) is 18.8. The number of nitrogens with one attached hydrogen (secondary N) is 2. The van der Waals surface area contributed by atoms with E-state index in [0.717, 1.165) is 11.8 Å². The molecular formula is C24H19F2N5O2S. The minimum Gasteiger partial charge on any atom is -0.326 e. The van der Waals surface area contributed by atoms with Crippen LogP contribution in [0.3, 0.4) is 0 Å². The third-order valence-corrected chi connectivity index (χ3v) is 5.56. The first-order valence-electron chi connectivity index (χ1n) is 10.2. The lowest BCUT2D eigenvalue weighted by atomic mass is 10.2. The Morgan fingerprint density at radius 3 is 2.32 bits per heavy atom. The number of halogens is 2. The van der Waals surface area contributed by atoms with E-state index in [4.69, 9.17) is 0 Å². The normalized spacial score (nSPS) is 10.7. The second kappa shape index (κ2) is 10.3. The molecule has 172 valence electrons. The van der Waals surface area contributed by atoms with Crippen LogP contribution in [0, 0.1) is 11.6 Å². The van der Waals surface area contributed by atoms with Gasteiger partial charge in [-0.05, 0) is 54.6 Å². The van der Waals surface area contributed by atoms with Crippen molar-refractivity contribution >= 4 is 35.0 Å². The summed E-state index contributed by atoms with van der Waals surface area (Å²) in [6.45, 7) is 1.40. The number of carbonyl (C=O) groups excluding carboxylic acids is 2. The lowest BCUT2D eigenvalue weighted by Crippen LogP contribution is -2.15. The maximum absolute atomic E-state index is 14.5. The number of rotatable bonds is 7. The summed E-state index contributed by atoms with van der Waals surface area (Å²) in [6, 6.07) is 18.5. The van der Waals surface area contributed by atoms with Crippen molar-refractivity contribution in [3.63, 3.8) is 0 Å².